The molecule has 10 heteroatoms. The van der Waals surface area contributed by atoms with E-state index in [1.807, 2.05) is 21.1 Å². The lowest BCUT2D eigenvalue weighted by Crippen LogP contribution is -2.37. The summed E-state index contributed by atoms with van der Waals surface area (Å²) in [5, 5.41) is 0. The molecule has 0 aromatic rings. The number of carbonyl (C=O) groups is 2. The van der Waals surface area contributed by atoms with E-state index in [1.165, 1.54) is 244 Å². The van der Waals surface area contributed by atoms with Crippen molar-refractivity contribution in [2.24, 2.45) is 0 Å². The summed E-state index contributed by atoms with van der Waals surface area (Å²) in [5.74, 6) is -0.790. The van der Waals surface area contributed by atoms with E-state index in [1.54, 1.807) is 0 Å². The van der Waals surface area contributed by atoms with E-state index in [9.17, 15) is 19.0 Å². The predicted octanol–water partition coefficient (Wildman–Crippen LogP) is 26.6. The predicted molar refractivity (Wildman–Crippen MR) is 408 cm³/mol. The third-order valence-electron chi connectivity index (χ3n) is 17.6. The van der Waals surface area contributed by atoms with Crippen molar-refractivity contribution in [2.45, 2.75) is 380 Å². The van der Waals surface area contributed by atoms with Crippen LogP contribution in [-0.2, 0) is 32.7 Å². The smallest absolute Gasteiger partial charge is 0.462 e. The number of phosphoric ester groups is 1. The summed E-state index contributed by atoms with van der Waals surface area (Å²) in [6.07, 6.45) is 104. The molecule has 546 valence electrons. The number of nitrogens with zero attached hydrogens (tertiary/aromatic N) is 1. The van der Waals surface area contributed by atoms with Gasteiger partial charge in [0.15, 0.2) is 6.10 Å². The van der Waals surface area contributed by atoms with E-state index in [2.05, 4.69) is 111 Å². The molecule has 2 atom stereocenters. The number of carbonyl (C=O) groups excluding carboxylic acids is 2. The fourth-order valence-corrected chi connectivity index (χ4v) is 12.3. The fraction of sp³-hybridized carbons (Fsp3) is 0.786. The molecule has 0 aliphatic rings. The van der Waals surface area contributed by atoms with Crippen LogP contribution in [0.15, 0.2) is 97.2 Å². The monoisotopic (exact) mass is 1340 g/mol. The van der Waals surface area contributed by atoms with Gasteiger partial charge in [-0.25, -0.2) is 4.57 Å². The Morgan fingerprint density at radius 3 is 0.904 bits per heavy atom. The van der Waals surface area contributed by atoms with Crippen molar-refractivity contribution < 1.29 is 42.1 Å². The molecule has 1 N–H and O–H groups in total. The molecule has 0 spiro atoms. The Bertz CT molecular complexity index is 1910. The van der Waals surface area contributed by atoms with Gasteiger partial charge in [0.25, 0.3) is 0 Å². The quantitative estimate of drug-likeness (QED) is 0.0211. The standard InChI is InChI=1S/C84H152NO8P/c1-6-8-10-12-14-16-18-20-22-24-26-28-30-32-34-36-38-40-42-44-46-48-50-52-54-56-58-60-62-64-66-68-70-72-74-76-83(86)90-80-82(81-92-94(88,89)91-79-78-85(3,4)5)93-84(87)77-75-73-71-69-67-65-63-61-59-57-55-53-51-49-47-45-43-41-39-37-35-33-31-29-27-25-23-21-19-17-15-13-11-9-7-2/h9,11,15,17,21,23,27,29,33,35,39,41,45,47,51,53,82H,6-8,10,12-14,16,18-20,22,24-26,28,30-32,34,36-38,40,42-44,46,48-50,52,54-81H2,1-5H3/p+1/b11-9-,17-15-,23-21-,29-27-,35-33-,41-39-,47-45-,53-51-. The highest BCUT2D eigenvalue weighted by Gasteiger charge is 2.27. The SMILES string of the molecule is CC/C=C\C/C=C\C/C=C\C/C=C\C/C=C\C/C=C\C/C=C\C/C=C\CCCCCCCCCCCCC(=O)OC(COC(=O)CCCCCCCCCCCCCCCCCCCCCCCCCCCCCCCCCCCCC)COP(=O)(O)OCC[N+](C)(C)C. The molecule has 9 nitrogen and oxygen atoms in total. The fourth-order valence-electron chi connectivity index (χ4n) is 11.6. The summed E-state index contributed by atoms with van der Waals surface area (Å²) in [4.78, 5) is 36.0. The van der Waals surface area contributed by atoms with Gasteiger partial charge < -0.3 is 18.9 Å². The molecular weight excluding hydrogens is 1180 g/mol. The maximum absolute atomic E-state index is 12.9. The van der Waals surface area contributed by atoms with Crippen LogP contribution < -0.4 is 0 Å². The number of ether oxygens (including phenoxy) is 2. The minimum atomic E-state index is -4.40. The molecule has 0 bridgehead atoms. The lowest BCUT2D eigenvalue weighted by molar-refractivity contribution is -0.870. The number of allylic oxidation sites excluding steroid dienone is 16. The highest BCUT2D eigenvalue weighted by molar-refractivity contribution is 7.47. The topological polar surface area (TPSA) is 108 Å². The van der Waals surface area contributed by atoms with Crippen molar-refractivity contribution >= 4 is 19.8 Å². The van der Waals surface area contributed by atoms with Crippen molar-refractivity contribution in [1.82, 2.24) is 0 Å². The van der Waals surface area contributed by atoms with Crippen LogP contribution in [0.25, 0.3) is 0 Å². The zero-order valence-corrected chi connectivity index (χ0v) is 63.3. The summed E-state index contributed by atoms with van der Waals surface area (Å²) in [6.45, 7) is 4.37. The van der Waals surface area contributed by atoms with Crippen LogP contribution in [0.3, 0.4) is 0 Å². The molecule has 0 fully saturated rings. The summed E-state index contributed by atoms with van der Waals surface area (Å²) >= 11 is 0. The number of likely N-dealkylation sites (N-methyl/N-ethyl adjacent to an activating group) is 1. The normalized spacial score (nSPS) is 13.6. The van der Waals surface area contributed by atoms with Gasteiger partial charge in [-0.1, -0.05) is 381 Å². The molecule has 0 heterocycles. The van der Waals surface area contributed by atoms with Crippen LogP contribution >= 0.6 is 7.82 Å². The summed E-state index contributed by atoms with van der Waals surface area (Å²) in [5.41, 5.74) is 0. The second kappa shape index (κ2) is 74.2. The van der Waals surface area contributed by atoms with Crippen LogP contribution in [0.5, 0.6) is 0 Å². The number of phosphoric acid groups is 1. The second-order valence-electron chi connectivity index (χ2n) is 28.1. The Hall–Kier alpha value is -3.07. The highest BCUT2D eigenvalue weighted by atomic mass is 31.2. The molecule has 0 aliphatic carbocycles. The van der Waals surface area contributed by atoms with Crippen LogP contribution in [-0.4, -0.2) is 74.9 Å². The van der Waals surface area contributed by atoms with Crippen molar-refractivity contribution in [3.8, 4) is 0 Å². The van der Waals surface area contributed by atoms with Crippen LogP contribution in [0.4, 0.5) is 0 Å². The van der Waals surface area contributed by atoms with Gasteiger partial charge in [-0.2, -0.15) is 0 Å². The van der Waals surface area contributed by atoms with Gasteiger partial charge in [0.2, 0.25) is 0 Å². The first-order valence-corrected chi connectivity index (χ1v) is 41.5. The molecular formula is C84H153NO8P+. The van der Waals surface area contributed by atoms with Gasteiger partial charge in [0, 0.05) is 12.8 Å². The van der Waals surface area contributed by atoms with Gasteiger partial charge in [0.05, 0.1) is 27.7 Å². The van der Waals surface area contributed by atoms with E-state index in [0.29, 0.717) is 17.4 Å². The summed E-state index contributed by atoms with van der Waals surface area (Å²) < 4.78 is 34.8. The van der Waals surface area contributed by atoms with E-state index >= 15 is 0 Å². The Labute approximate surface area is 583 Å². The van der Waals surface area contributed by atoms with Crippen molar-refractivity contribution in [2.75, 3.05) is 47.5 Å². The van der Waals surface area contributed by atoms with Gasteiger partial charge in [-0.3, -0.25) is 18.6 Å². The minimum absolute atomic E-state index is 0.0289. The Balaban J connectivity index is 3.98. The van der Waals surface area contributed by atoms with Gasteiger partial charge in [-0.05, 0) is 77.0 Å². The molecule has 0 amide bonds. The Morgan fingerprint density at radius 2 is 0.606 bits per heavy atom. The molecule has 0 aromatic heterocycles. The van der Waals surface area contributed by atoms with E-state index in [4.69, 9.17) is 18.5 Å². The van der Waals surface area contributed by atoms with Crippen LogP contribution in [0, 0.1) is 0 Å². The maximum Gasteiger partial charge on any atom is 0.472 e. The lowest BCUT2D eigenvalue weighted by atomic mass is 10.0. The minimum Gasteiger partial charge on any atom is -0.462 e. The first kappa shape index (κ1) is 90.9. The second-order valence-corrected chi connectivity index (χ2v) is 29.5. The maximum atomic E-state index is 12.9. The molecule has 0 aromatic carbocycles. The van der Waals surface area contributed by atoms with Crippen molar-refractivity contribution in [3.63, 3.8) is 0 Å². The largest absolute Gasteiger partial charge is 0.472 e. The Kier molecular flexibility index (Phi) is 71.7. The van der Waals surface area contributed by atoms with E-state index in [-0.39, 0.29) is 32.0 Å². The third kappa shape index (κ3) is 77.9. The van der Waals surface area contributed by atoms with Crippen molar-refractivity contribution in [1.29, 1.82) is 0 Å². The number of hydrogen-bond donors (Lipinski definition) is 1. The van der Waals surface area contributed by atoms with Gasteiger partial charge in [0.1, 0.15) is 19.8 Å². The van der Waals surface area contributed by atoms with Crippen molar-refractivity contribution in [3.05, 3.63) is 97.2 Å². The number of hydrogen-bond acceptors (Lipinski definition) is 7. The Morgan fingerprint density at radius 1 is 0.340 bits per heavy atom. The van der Waals surface area contributed by atoms with Crippen LogP contribution in [0.1, 0.15) is 373 Å². The number of esters is 2. The van der Waals surface area contributed by atoms with Gasteiger partial charge in [-0.15, -0.1) is 0 Å². The summed E-state index contributed by atoms with van der Waals surface area (Å²) in [7, 11) is 1.48. The zero-order chi connectivity index (χ0) is 68.3. The molecule has 0 saturated heterocycles. The van der Waals surface area contributed by atoms with E-state index in [0.717, 1.165) is 96.3 Å². The average Bonchev–Trinajstić information content (AvgIpc) is 1.68. The zero-order valence-electron chi connectivity index (χ0n) is 62.4. The molecule has 2 unspecified atom stereocenters. The lowest BCUT2D eigenvalue weighted by Gasteiger charge is -2.24. The molecule has 0 radical (unpaired) electrons. The molecule has 0 saturated carbocycles. The van der Waals surface area contributed by atoms with Gasteiger partial charge >= 0.3 is 19.8 Å². The third-order valence-corrected chi connectivity index (χ3v) is 18.6. The summed E-state index contributed by atoms with van der Waals surface area (Å²) in [6, 6.07) is 0. The average molecular weight is 1340 g/mol. The highest BCUT2D eigenvalue weighted by Crippen LogP contribution is 2.43. The number of rotatable bonds is 74. The number of quaternary nitrogens is 1. The molecule has 0 aliphatic heterocycles. The van der Waals surface area contributed by atoms with E-state index < -0.39 is 26.5 Å². The molecule has 0 rings (SSSR count). The molecule has 94 heavy (non-hydrogen) atoms. The number of unbranched alkanes of at least 4 members (excludes halogenated alkanes) is 44. The first-order chi connectivity index (χ1) is 46.0. The van der Waals surface area contributed by atoms with Crippen LogP contribution in [0.2, 0.25) is 0 Å². The first-order valence-electron chi connectivity index (χ1n) is 40.0.